The molecule has 6 radical (unpaired) electrons. The average molecular weight is 483 g/mol. The fraction of sp³-hybridized carbons (Fsp3) is 0. The van der Waals surface area contributed by atoms with Crippen molar-refractivity contribution < 1.29 is 0 Å². The van der Waals surface area contributed by atoms with Gasteiger partial charge in [0.2, 0.25) is 0 Å². The van der Waals surface area contributed by atoms with Gasteiger partial charge in [-0.2, -0.15) is 0 Å². The van der Waals surface area contributed by atoms with Crippen molar-refractivity contribution in [2.45, 2.75) is 0 Å². The number of hydrogen-bond acceptors (Lipinski definition) is 0. The second-order valence-electron chi connectivity index (χ2n) is 0. The molecule has 0 atom stereocenters. The number of hydrogen-bond donors (Lipinski definition) is 0. The van der Waals surface area contributed by atoms with Crippen LogP contribution < -0.4 is 0 Å². The molecule has 0 aromatic rings. The molecule has 0 saturated carbocycles. The molecule has 0 aliphatic heterocycles. The fourth-order valence-corrected chi connectivity index (χ4v) is 0. The van der Waals surface area contributed by atoms with Crippen molar-refractivity contribution in [1.29, 1.82) is 0 Å². The Morgan fingerprint density at radius 2 is 1.25 bits per heavy atom. The van der Waals surface area contributed by atoms with Crippen LogP contribution in [0.15, 0.2) is 0 Å². The van der Waals surface area contributed by atoms with Crippen LogP contribution >= 0.6 is 0 Å². The van der Waals surface area contributed by atoms with Gasteiger partial charge in [-0.3, -0.25) is 0 Å². The Balaban J connectivity index is -0.00000000500. The minimum atomic E-state index is 0. The molecule has 0 aliphatic rings. The van der Waals surface area contributed by atoms with Gasteiger partial charge in [-0.15, -0.1) is 0 Å². The van der Waals surface area contributed by atoms with Gasteiger partial charge in [0.25, 0.3) is 0 Å². The fourth-order valence-electron chi connectivity index (χ4n) is 0. The van der Waals surface area contributed by atoms with Gasteiger partial charge >= 0.3 is 37.1 Å². The van der Waals surface area contributed by atoms with Crippen LogP contribution in [0.4, 0.5) is 0 Å². The Morgan fingerprint density at radius 1 is 1.25 bits per heavy atom. The Bertz CT molecular complexity index is 8.00. The van der Waals surface area contributed by atoms with E-state index in [1.54, 1.807) is 0 Å². The summed E-state index contributed by atoms with van der Waals surface area (Å²) in [5.41, 5.74) is 0. The topological polar surface area (TPSA) is 0 Å². The third kappa shape index (κ3) is 8.98. The molecular weight excluding hydrogens is 483 g/mol. The molecule has 0 unspecified atom stereocenters. The summed E-state index contributed by atoms with van der Waals surface area (Å²) in [7, 11) is 0. The normalized spacial score (nSPS) is 1.00. The van der Waals surface area contributed by atoms with E-state index in [9.17, 15) is 0 Å². The molecule has 0 amide bonds. The molecule has 0 nitrogen and oxygen atoms in total. The van der Waals surface area contributed by atoms with Crippen LogP contribution in [0.3, 0.4) is 0 Å². The monoisotopic (exact) mass is 484 g/mol. The van der Waals surface area contributed by atoms with E-state index in [1.165, 1.54) is 20.0 Å². The van der Waals surface area contributed by atoms with Gasteiger partial charge in [0.15, 0.2) is 0 Å². The zero-order chi connectivity index (χ0) is 2.00. The van der Waals surface area contributed by atoms with Gasteiger partial charge in [-0.25, -0.2) is 0 Å². The maximum atomic E-state index is 2.06. The molecule has 18 valence electrons. The molecular formula is BiMgSbTe. The molecule has 4 heteroatoms. The van der Waals surface area contributed by atoms with Crippen LogP contribution in [0.5, 0.6) is 0 Å². The Labute approximate surface area is 82.5 Å². The summed E-state index contributed by atoms with van der Waals surface area (Å²) in [6, 6.07) is 0. The van der Waals surface area contributed by atoms with Crippen LogP contribution in [0.25, 0.3) is 0 Å². The Morgan fingerprint density at radius 3 is 1.25 bits per heavy atom. The van der Waals surface area contributed by atoms with Gasteiger partial charge in [-0.1, -0.05) is 0 Å². The predicted molar refractivity (Wildman–Crippen MR) is 23.0 cm³/mol. The molecule has 0 bridgehead atoms. The molecule has 0 N–H and O–H groups in total. The summed E-state index contributed by atoms with van der Waals surface area (Å²) in [5.74, 6) is 0. The molecule has 0 aromatic carbocycles. The summed E-state index contributed by atoms with van der Waals surface area (Å²) < 4.78 is 0. The Hall–Kier alpha value is 3.26. The van der Waals surface area contributed by atoms with Crippen LogP contribution in [0.1, 0.15) is 0 Å². The second kappa shape index (κ2) is 16.3. The van der Waals surface area contributed by atoms with Crippen molar-refractivity contribution in [1.82, 2.24) is 0 Å². The third-order valence-corrected chi connectivity index (χ3v) is 0. The van der Waals surface area contributed by atoms with Crippen LogP contribution in [0, 0.1) is 0 Å². The van der Waals surface area contributed by atoms with E-state index in [0.29, 0.717) is 0 Å². The Kier molecular flexibility index (Phi) is 63.9. The molecule has 0 fully saturated rings. The zero-order valence-corrected chi connectivity index (χ0v) is 11.8. The summed E-state index contributed by atoms with van der Waals surface area (Å²) in [5, 5.41) is 0. The van der Waals surface area contributed by atoms with Crippen molar-refractivity contribution in [3.8, 4) is 0 Å². The average Bonchev–Trinajstić information content (AvgIpc) is 1.00. The first-order valence-corrected chi connectivity index (χ1v) is 10.7. The predicted octanol–water partition coefficient (Wildman–Crippen LogP) is -1.52. The van der Waals surface area contributed by atoms with Crippen molar-refractivity contribution >= 4 is 84.6 Å². The molecule has 0 rings (SSSR count). The van der Waals surface area contributed by atoms with Gasteiger partial charge in [0.1, 0.15) is 0 Å². The quantitative estimate of drug-likeness (QED) is 0.368. The SMILES string of the molecule is [Mg].[Sb].[Te]=[Bi]. The zero-order valence-electron chi connectivity index (χ0n) is 2.01. The van der Waals surface area contributed by atoms with E-state index in [1.807, 2.05) is 0 Å². The van der Waals surface area contributed by atoms with E-state index in [-0.39, 0.29) is 47.5 Å². The first kappa shape index (κ1) is 15.7. The third-order valence-electron chi connectivity index (χ3n) is 0. The van der Waals surface area contributed by atoms with E-state index < -0.39 is 0 Å². The van der Waals surface area contributed by atoms with Gasteiger partial charge < -0.3 is 0 Å². The molecule has 0 spiro atoms. The van der Waals surface area contributed by atoms with E-state index in [4.69, 9.17) is 0 Å². The van der Waals surface area contributed by atoms with E-state index in [0.717, 1.165) is 0 Å². The molecule has 0 saturated heterocycles. The van der Waals surface area contributed by atoms with Crippen molar-refractivity contribution in [3.63, 3.8) is 0 Å². The first-order chi connectivity index (χ1) is 1.00. The molecule has 0 aromatic heterocycles. The van der Waals surface area contributed by atoms with Gasteiger partial charge in [0, 0.05) is 47.5 Å². The summed E-state index contributed by atoms with van der Waals surface area (Å²) in [4.78, 5) is 0. The maximum absolute atomic E-state index is 2.06. The van der Waals surface area contributed by atoms with Crippen LogP contribution in [0.2, 0.25) is 0 Å². The van der Waals surface area contributed by atoms with Gasteiger partial charge in [0.05, 0.1) is 0 Å². The number of rotatable bonds is 0. The summed E-state index contributed by atoms with van der Waals surface area (Å²) in [6.45, 7) is 0. The van der Waals surface area contributed by atoms with Crippen LogP contribution in [-0.2, 0) is 0 Å². The molecule has 0 aliphatic carbocycles. The first-order valence-electron chi connectivity index (χ1n) is 0.183. The van der Waals surface area contributed by atoms with Crippen molar-refractivity contribution in [2.75, 3.05) is 0 Å². The van der Waals surface area contributed by atoms with E-state index in [2.05, 4.69) is 17.1 Å². The van der Waals surface area contributed by atoms with Crippen molar-refractivity contribution in [2.24, 2.45) is 0 Å². The molecule has 4 heavy (non-hydrogen) atoms. The summed E-state index contributed by atoms with van der Waals surface area (Å²) in [6.07, 6.45) is 0. The van der Waals surface area contributed by atoms with Crippen LogP contribution in [-0.4, -0.2) is 84.6 Å². The second-order valence-corrected chi connectivity index (χ2v) is 0. The standard InChI is InChI=1S/Bi.Mg.Sb.Te. The van der Waals surface area contributed by atoms with Gasteiger partial charge in [-0.05, 0) is 0 Å². The minimum absolute atomic E-state index is 0. The summed E-state index contributed by atoms with van der Waals surface area (Å²) >= 11 is 3.52. The van der Waals surface area contributed by atoms with Crippen molar-refractivity contribution in [3.05, 3.63) is 0 Å². The van der Waals surface area contributed by atoms with E-state index >= 15 is 0 Å². The molecule has 0 heterocycles.